The van der Waals surface area contributed by atoms with E-state index < -0.39 is 0 Å². The van der Waals surface area contributed by atoms with Gasteiger partial charge in [-0.25, -0.2) is 14.6 Å². The zero-order valence-electron chi connectivity index (χ0n) is 14.9. The lowest BCUT2D eigenvalue weighted by molar-refractivity contribution is 0.650. The molecule has 0 saturated heterocycles. The Morgan fingerprint density at radius 1 is 1.11 bits per heavy atom. The first-order valence-corrected chi connectivity index (χ1v) is 9.02. The van der Waals surface area contributed by atoms with Gasteiger partial charge in [0.1, 0.15) is 11.2 Å². The molecule has 28 heavy (non-hydrogen) atoms. The first kappa shape index (κ1) is 16.6. The fraction of sp³-hybridized carbons (Fsp3) is 0.105. The number of benzene rings is 1. The van der Waals surface area contributed by atoms with Gasteiger partial charge in [0, 0.05) is 35.6 Å². The minimum atomic E-state index is 0.543. The Morgan fingerprint density at radius 3 is 2.82 bits per heavy atom. The normalized spacial score (nSPS) is 11.4. The Morgan fingerprint density at radius 2 is 2.00 bits per heavy atom. The molecular weight excluding hydrogens is 376 g/mol. The maximum atomic E-state index is 6.24. The van der Waals surface area contributed by atoms with Crippen LogP contribution in [-0.4, -0.2) is 39.7 Å². The fourth-order valence-electron chi connectivity index (χ4n) is 3.08. The van der Waals surface area contributed by atoms with Crippen molar-refractivity contribution < 1.29 is 0 Å². The van der Waals surface area contributed by atoms with Gasteiger partial charge in [-0.15, -0.1) is 5.10 Å². The first-order valence-electron chi connectivity index (χ1n) is 8.64. The van der Waals surface area contributed by atoms with Gasteiger partial charge in [-0.2, -0.15) is 5.10 Å². The molecule has 0 saturated carbocycles. The fourth-order valence-corrected chi connectivity index (χ4v) is 3.27. The van der Waals surface area contributed by atoms with Crippen molar-refractivity contribution in [3.63, 3.8) is 0 Å². The van der Waals surface area contributed by atoms with Crippen molar-refractivity contribution in [2.45, 2.75) is 6.54 Å². The molecule has 0 atom stereocenters. The lowest BCUT2D eigenvalue weighted by atomic mass is 10.2. The highest BCUT2D eigenvalue weighted by Crippen LogP contribution is 2.27. The summed E-state index contributed by atoms with van der Waals surface area (Å²) in [6.07, 6.45) is 9.13. The molecule has 1 aromatic carbocycles. The molecule has 0 radical (unpaired) electrons. The van der Waals surface area contributed by atoms with Gasteiger partial charge in [0.25, 0.3) is 0 Å². The Kier molecular flexibility index (Phi) is 3.91. The highest BCUT2D eigenvalue weighted by atomic mass is 35.5. The summed E-state index contributed by atoms with van der Waals surface area (Å²) in [7, 11) is 1.87. The zero-order chi connectivity index (χ0) is 19.1. The van der Waals surface area contributed by atoms with E-state index in [1.165, 1.54) is 0 Å². The molecule has 0 aliphatic heterocycles. The summed E-state index contributed by atoms with van der Waals surface area (Å²) in [6.45, 7) is 0.543. The van der Waals surface area contributed by atoms with Crippen molar-refractivity contribution in [1.82, 2.24) is 39.7 Å². The minimum Gasteiger partial charge on any atom is -0.344 e. The van der Waals surface area contributed by atoms with E-state index in [1.54, 1.807) is 21.8 Å². The lowest BCUT2D eigenvalue weighted by Crippen LogP contribution is -2.00. The van der Waals surface area contributed by atoms with Crippen LogP contribution in [0.2, 0.25) is 5.02 Å². The molecule has 0 aliphatic carbocycles. The predicted molar refractivity (Wildman–Crippen MR) is 106 cm³/mol. The van der Waals surface area contributed by atoms with Crippen molar-refractivity contribution in [3.05, 3.63) is 65.8 Å². The van der Waals surface area contributed by atoms with Crippen LogP contribution in [0.3, 0.4) is 0 Å². The standard InChI is InChI=1S/C19H15ClN8/c1-27-9-13(6-23-27)16-8-22-19-18(24-16)14(7-21-19)17-11-28(26-25-17)10-12-4-2-3-5-15(12)20/h2-9,11H,10H2,1H3,(H,21,22). The highest BCUT2D eigenvalue weighted by Gasteiger charge is 2.14. The second-order valence-electron chi connectivity index (χ2n) is 6.45. The topological polar surface area (TPSA) is 90.1 Å². The number of nitrogens with one attached hydrogen (secondary N) is 1. The van der Waals surface area contributed by atoms with Crippen LogP contribution in [-0.2, 0) is 13.6 Å². The summed E-state index contributed by atoms with van der Waals surface area (Å²) in [5.41, 5.74) is 5.65. The first-order chi connectivity index (χ1) is 13.7. The predicted octanol–water partition coefficient (Wildman–Crippen LogP) is 3.32. The van der Waals surface area contributed by atoms with Gasteiger partial charge in [0.2, 0.25) is 0 Å². The number of aromatic amines is 1. The molecular formula is C19H15ClN8. The number of rotatable bonds is 4. The quantitative estimate of drug-likeness (QED) is 0.508. The third-order valence-corrected chi connectivity index (χ3v) is 4.85. The summed E-state index contributed by atoms with van der Waals surface area (Å²) in [5.74, 6) is 0. The van der Waals surface area contributed by atoms with Gasteiger partial charge >= 0.3 is 0 Å². The Balaban J connectivity index is 1.51. The second-order valence-corrected chi connectivity index (χ2v) is 6.86. The molecule has 0 fully saturated rings. The number of hydrogen-bond acceptors (Lipinski definition) is 5. The van der Waals surface area contributed by atoms with Crippen LogP contribution in [0.25, 0.3) is 33.7 Å². The van der Waals surface area contributed by atoms with Gasteiger partial charge in [0.05, 0.1) is 30.8 Å². The molecule has 0 amide bonds. The van der Waals surface area contributed by atoms with Gasteiger partial charge in [-0.05, 0) is 11.6 Å². The van der Waals surface area contributed by atoms with E-state index in [-0.39, 0.29) is 0 Å². The Hall–Kier alpha value is -3.52. The van der Waals surface area contributed by atoms with Gasteiger partial charge < -0.3 is 4.98 Å². The van der Waals surface area contributed by atoms with Gasteiger partial charge in [0.15, 0.2) is 5.65 Å². The van der Waals surface area contributed by atoms with Crippen molar-refractivity contribution in [1.29, 1.82) is 0 Å². The number of aryl methyl sites for hydroxylation is 1. The van der Waals surface area contributed by atoms with Crippen LogP contribution in [0.1, 0.15) is 5.56 Å². The van der Waals surface area contributed by atoms with Crippen LogP contribution in [0.5, 0.6) is 0 Å². The monoisotopic (exact) mass is 390 g/mol. The van der Waals surface area contributed by atoms with E-state index in [1.807, 2.05) is 49.9 Å². The third kappa shape index (κ3) is 2.93. The summed E-state index contributed by atoms with van der Waals surface area (Å²) in [4.78, 5) is 12.4. The van der Waals surface area contributed by atoms with Crippen LogP contribution < -0.4 is 0 Å². The molecule has 4 aromatic heterocycles. The molecule has 5 rings (SSSR count). The van der Waals surface area contributed by atoms with Crippen LogP contribution in [0.4, 0.5) is 0 Å². The maximum Gasteiger partial charge on any atom is 0.156 e. The highest BCUT2D eigenvalue weighted by molar-refractivity contribution is 6.31. The number of aromatic nitrogens is 8. The van der Waals surface area contributed by atoms with E-state index in [4.69, 9.17) is 16.6 Å². The number of H-pyrrole nitrogens is 1. The largest absolute Gasteiger partial charge is 0.344 e. The van der Waals surface area contributed by atoms with Gasteiger partial charge in [-0.3, -0.25) is 4.68 Å². The minimum absolute atomic E-state index is 0.543. The number of halogens is 1. The van der Waals surface area contributed by atoms with Crippen molar-refractivity contribution in [3.8, 4) is 22.5 Å². The summed E-state index contributed by atoms with van der Waals surface area (Å²) in [5, 5.41) is 13.4. The van der Waals surface area contributed by atoms with Gasteiger partial charge in [-0.1, -0.05) is 35.0 Å². The third-order valence-electron chi connectivity index (χ3n) is 4.49. The maximum absolute atomic E-state index is 6.24. The molecule has 0 unspecified atom stereocenters. The van der Waals surface area contributed by atoms with Crippen molar-refractivity contribution >= 4 is 22.8 Å². The molecule has 0 spiro atoms. The van der Waals surface area contributed by atoms with E-state index in [0.29, 0.717) is 17.2 Å². The average Bonchev–Trinajstić information content (AvgIpc) is 3.42. The molecule has 9 heteroatoms. The second kappa shape index (κ2) is 6.58. The molecule has 4 heterocycles. The lowest BCUT2D eigenvalue weighted by Gasteiger charge is -2.02. The Bertz CT molecular complexity index is 1280. The van der Waals surface area contributed by atoms with E-state index in [9.17, 15) is 0 Å². The molecule has 8 nitrogen and oxygen atoms in total. The van der Waals surface area contributed by atoms with Crippen LogP contribution >= 0.6 is 11.6 Å². The number of nitrogens with zero attached hydrogens (tertiary/aromatic N) is 7. The zero-order valence-corrected chi connectivity index (χ0v) is 15.7. The SMILES string of the molecule is Cn1cc(-c2cnc3[nH]cc(-c4cn(Cc5ccccc5Cl)nn4)c3n2)cn1. The van der Waals surface area contributed by atoms with E-state index >= 15 is 0 Å². The number of hydrogen-bond donors (Lipinski definition) is 1. The van der Waals surface area contributed by atoms with Crippen molar-refractivity contribution in [2.24, 2.45) is 7.05 Å². The summed E-state index contributed by atoms with van der Waals surface area (Å²) < 4.78 is 3.49. The summed E-state index contributed by atoms with van der Waals surface area (Å²) >= 11 is 6.24. The molecule has 1 N–H and O–H groups in total. The van der Waals surface area contributed by atoms with E-state index in [0.717, 1.165) is 33.6 Å². The molecule has 0 bridgehead atoms. The Labute approximate surface area is 164 Å². The van der Waals surface area contributed by atoms with Crippen LogP contribution in [0.15, 0.2) is 55.2 Å². The molecule has 138 valence electrons. The average molecular weight is 391 g/mol. The van der Waals surface area contributed by atoms with E-state index in [2.05, 4.69) is 25.4 Å². The number of fused-ring (bicyclic) bond motifs is 1. The van der Waals surface area contributed by atoms with Crippen molar-refractivity contribution in [2.75, 3.05) is 0 Å². The molecule has 0 aliphatic rings. The van der Waals surface area contributed by atoms with Crippen LogP contribution in [0, 0.1) is 0 Å². The molecule has 5 aromatic rings. The summed E-state index contributed by atoms with van der Waals surface area (Å²) in [6, 6.07) is 7.70. The smallest absolute Gasteiger partial charge is 0.156 e.